The Labute approximate surface area is 299 Å². The molecule has 2 aromatic carbocycles. The summed E-state index contributed by atoms with van der Waals surface area (Å²) in [6.45, 7) is 7.23. The van der Waals surface area contributed by atoms with Crippen LogP contribution < -0.4 is 9.47 Å². The highest BCUT2D eigenvalue weighted by atomic mass is 35.5. The second-order valence-electron chi connectivity index (χ2n) is 11.1. The first-order chi connectivity index (χ1) is 24.0. The normalized spacial score (nSPS) is 15.2. The first-order valence-electron chi connectivity index (χ1n) is 16.0. The third-order valence-corrected chi connectivity index (χ3v) is 8.11. The number of esters is 6. The highest BCUT2D eigenvalue weighted by molar-refractivity contribution is 6.33. The smallest absolute Gasteiger partial charge is 0.338 e. The Morgan fingerprint density at radius 1 is 0.580 bits per heavy atom. The second-order valence-corrected chi connectivity index (χ2v) is 11.9. The Balaban J connectivity index is 1.39. The van der Waals surface area contributed by atoms with Crippen LogP contribution in [0.25, 0.3) is 0 Å². The number of benzene rings is 2. The maximum absolute atomic E-state index is 12.9. The Kier molecular flexibility index (Phi) is 16.5. The predicted molar refractivity (Wildman–Crippen MR) is 181 cm³/mol. The Bertz CT molecular complexity index is 1450. The topological polar surface area (TPSA) is 158 Å². The molecule has 2 aromatic rings. The highest BCUT2D eigenvalue weighted by Crippen LogP contribution is 2.34. The van der Waals surface area contributed by atoms with Crippen LogP contribution in [0.2, 0.25) is 10.0 Å². The number of halogens is 2. The van der Waals surface area contributed by atoms with E-state index in [1.54, 1.807) is 0 Å². The molecule has 0 aromatic heterocycles. The lowest BCUT2D eigenvalue weighted by Crippen LogP contribution is -2.30. The number of unbranched alkanes of at least 4 members (excludes halogenated alkanes) is 2. The van der Waals surface area contributed by atoms with Gasteiger partial charge in [0.2, 0.25) is 0 Å². The number of hydrogen-bond donors (Lipinski definition) is 0. The molecule has 1 aliphatic carbocycles. The molecule has 12 nitrogen and oxygen atoms in total. The second kappa shape index (κ2) is 20.7. The number of ether oxygens (including phenoxy) is 6. The number of carbonyl (C=O) groups excluding carboxylic acids is 6. The van der Waals surface area contributed by atoms with Crippen LogP contribution >= 0.6 is 23.2 Å². The van der Waals surface area contributed by atoms with Crippen molar-refractivity contribution in [2.45, 2.75) is 51.4 Å². The van der Waals surface area contributed by atoms with E-state index in [0.717, 1.165) is 12.2 Å². The fourth-order valence-electron chi connectivity index (χ4n) is 4.74. The van der Waals surface area contributed by atoms with Gasteiger partial charge in [-0.3, -0.25) is 9.59 Å². The fraction of sp³-hybridized carbons (Fsp3) is 0.389. The van der Waals surface area contributed by atoms with E-state index in [-0.39, 0.29) is 59.1 Å². The van der Waals surface area contributed by atoms with Gasteiger partial charge in [0.15, 0.2) is 0 Å². The average Bonchev–Trinajstić information content (AvgIpc) is 3.12. The van der Waals surface area contributed by atoms with Crippen LogP contribution in [0.15, 0.2) is 61.7 Å². The minimum absolute atomic E-state index is 0.0568. The zero-order chi connectivity index (χ0) is 36.5. The van der Waals surface area contributed by atoms with Crippen LogP contribution in [0.3, 0.4) is 0 Å². The zero-order valence-electron chi connectivity index (χ0n) is 27.3. The molecule has 1 saturated carbocycles. The number of carbonyl (C=O) groups is 6. The van der Waals surface area contributed by atoms with Crippen molar-refractivity contribution in [3.05, 3.63) is 82.9 Å². The minimum Gasteiger partial charge on any atom is -0.463 e. The average molecular weight is 734 g/mol. The van der Waals surface area contributed by atoms with Gasteiger partial charge in [-0.2, -0.15) is 0 Å². The molecule has 1 aliphatic rings. The first-order valence-corrected chi connectivity index (χ1v) is 16.7. The molecule has 0 unspecified atom stereocenters. The maximum Gasteiger partial charge on any atom is 0.338 e. The molecule has 0 spiro atoms. The monoisotopic (exact) mass is 732 g/mol. The van der Waals surface area contributed by atoms with E-state index in [9.17, 15) is 28.8 Å². The molecule has 0 bridgehead atoms. The summed E-state index contributed by atoms with van der Waals surface area (Å²) in [7, 11) is 0. The summed E-state index contributed by atoms with van der Waals surface area (Å²) in [4.78, 5) is 72.5. The van der Waals surface area contributed by atoms with E-state index in [0.29, 0.717) is 51.4 Å². The van der Waals surface area contributed by atoms with E-state index >= 15 is 0 Å². The highest BCUT2D eigenvalue weighted by Gasteiger charge is 2.33. The van der Waals surface area contributed by atoms with E-state index in [2.05, 4.69) is 13.2 Å². The molecule has 14 heteroatoms. The largest absolute Gasteiger partial charge is 0.463 e. The van der Waals surface area contributed by atoms with Gasteiger partial charge >= 0.3 is 35.8 Å². The van der Waals surface area contributed by atoms with Crippen molar-refractivity contribution in [2.24, 2.45) is 11.8 Å². The molecule has 3 rings (SSSR count). The van der Waals surface area contributed by atoms with Crippen LogP contribution in [0.4, 0.5) is 0 Å². The van der Waals surface area contributed by atoms with Crippen molar-refractivity contribution in [1.29, 1.82) is 0 Å². The quantitative estimate of drug-likeness (QED) is 0.0530. The van der Waals surface area contributed by atoms with Gasteiger partial charge in [-0.25, -0.2) is 19.2 Å². The van der Waals surface area contributed by atoms with Gasteiger partial charge in [0, 0.05) is 12.2 Å². The Morgan fingerprint density at radius 3 is 1.24 bits per heavy atom. The van der Waals surface area contributed by atoms with Crippen molar-refractivity contribution in [2.75, 3.05) is 26.4 Å². The molecular formula is C36H38Cl2O12. The Morgan fingerprint density at radius 2 is 0.920 bits per heavy atom. The lowest BCUT2D eigenvalue weighted by Gasteiger charge is -2.26. The van der Waals surface area contributed by atoms with Crippen molar-refractivity contribution in [3.8, 4) is 11.5 Å². The number of rotatable bonds is 18. The lowest BCUT2D eigenvalue weighted by molar-refractivity contribution is -0.145. The van der Waals surface area contributed by atoms with Gasteiger partial charge in [0.05, 0.1) is 59.4 Å². The van der Waals surface area contributed by atoms with Gasteiger partial charge in [-0.05, 0) is 87.8 Å². The molecular weight excluding hydrogens is 695 g/mol. The molecule has 0 heterocycles. The summed E-state index contributed by atoms with van der Waals surface area (Å²) in [6.07, 6.45) is 5.64. The van der Waals surface area contributed by atoms with Crippen LogP contribution in [-0.4, -0.2) is 62.2 Å². The van der Waals surface area contributed by atoms with Gasteiger partial charge in [-0.1, -0.05) is 36.4 Å². The van der Waals surface area contributed by atoms with Gasteiger partial charge in [0.1, 0.15) is 11.5 Å². The lowest BCUT2D eigenvalue weighted by atomic mass is 9.82. The standard InChI is InChI=1S/C36H38Cl2O12/c1-3-31(39)45-17-5-7-19-47-33(41)25-13-15-29(27(37)21-25)49-35(43)23-9-11-24(12-10-23)36(44)50-30-16-14-26(22-28(30)38)34(42)48-20-8-6-18-46-32(40)4-2/h3-4,13-16,21-24H,1-2,5-12,17-20H2. The molecule has 0 saturated heterocycles. The van der Waals surface area contributed by atoms with Crippen LogP contribution in [0, 0.1) is 11.8 Å². The molecule has 1 fully saturated rings. The van der Waals surface area contributed by atoms with Gasteiger partial charge < -0.3 is 28.4 Å². The van der Waals surface area contributed by atoms with Crippen LogP contribution in [-0.2, 0) is 38.1 Å². The summed E-state index contributed by atoms with van der Waals surface area (Å²) < 4.78 is 31.1. The molecule has 0 radical (unpaired) electrons. The SMILES string of the molecule is C=CC(=O)OCCCCOC(=O)c1ccc(OC(=O)C2CCC(C(=O)Oc3ccc(C(=O)OCCCCOC(=O)C=C)cc3Cl)CC2)c(Cl)c1. The van der Waals surface area contributed by atoms with Gasteiger partial charge in [0.25, 0.3) is 0 Å². The summed E-state index contributed by atoms with van der Waals surface area (Å²) in [5.74, 6) is -4.02. The Hall–Kier alpha value is -4.68. The van der Waals surface area contributed by atoms with Crippen molar-refractivity contribution in [1.82, 2.24) is 0 Å². The molecule has 268 valence electrons. The zero-order valence-corrected chi connectivity index (χ0v) is 28.8. The summed E-state index contributed by atoms with van der Waals surface area (Å²) in [5.41, 5.74) is 0.359. The third kappa shape index (κ3) is 13.0. The van der Waals surface area contributed by atoms with Crippen LogP contribution in [0.5, 0.6) is 11.5 Å². The van der Waals surface area contributed by atoms with E-state index in [1.165, 1.54) is 36.4 Å². The third-order valence-electron chi connectivity index (χ3n) is 7.52. The summed E-state index contributed by atoms with van der Waals surface area (Å²) >= 11 is 12.6. The fourth-order valence-corrected chi connectivity index (χ4v) is 5.18. The molecule has 50 heavy (non-hydrogen) atoms. The van der Waals surface area contributed by atoms with E-state index < -0.39 is 47.7 Å². The first kappa shape index (κ1) is 39.8. The van der Waals surface area contributed by atoms with Crippen molar-refractivity contribution >= 4 is 59.0 Å². The van der Waals surface area contributed by atoms with Crippen molar-refractivity contribution < 1.29 is 57.2 Å². The molecule has 0 atom stereocenters. The summed E-state index contributed by atoms with van der Waals surface area (Å²) in [6, 6.07) is 8.39. The van der Waals surface area contributed by atoms with E-state index in [1.807, 2.05) is 0 Å². The number of hydrogen-bond acceptors (Lipinski definition) is 12. The van der Waals surface area contributed by atoms with Crippen LogP contribution in [0.1, 0.15) is 72.1 Å². The maximum atomic E-state index is 12.9. The predicted octanol–water partition coefficient (Wildman–Crippen LogP) is 6.64. The summed E-state index contributed by atoms with van der Waals surface area (Å²) in [5, 5.41) is 0.114. The molecule has 0 amide bonds. The van der Waals surface area contributed by atoms with E-state index in [4.69, 9.17) is 51.6 Å². The molecule has 0 aliphatic heterocycles. The molecule has 0 N–H and O–H groups in total. The van der Waals surface area contributed by atoms with Crippen molar-refractivity contribution in [3.63, 3.8) is 0 Å². The van der Waals surface area contributed by atoms with Gasteiger partial charge in [-0.15, -0.1) is 0 Å². The minimum atomic E-state index is -0.605.